The molecule has 0 unspecified atom stereocenters. The molecule has 0 saturated heterocycles. The van der Waals surface area contributed by atoms with Crippen molar-refractivity contribution in [3.8, 4) is 84.9 Å². The van der Waals surface area contributed by atoms with Crippen molar-refractivity contribution in [1.29, 1.82) is 0 Å². The number of furan rings is 2. The Labute approximate surface area is 490 Å². The Balaban J connectivity index is 0.000000122. The van der Waals surface area contributed by atoms with Crippen molar-refractivity contribution in [3.63, 3.8) is 0 Å². The lowest BCUT2D eigenvalue weighted by atomic mass is 9.81. The van der Waals surface area contributed by atoms with Crippen LogP contribution >= 0.6 is 11.6 Å². The van der Waals surface area contributed by atoms with Gasteiger partial charge in [-0.25, -0.2) is 19.9 Å². The summed E-state index contributed by atoms with van der Waals surface area (Å²) in [5, 5.41) is 13.8. The van der Waals surface area contributed by atoms with Crippen molar-refractivity contribution in [2.24, 2.45) is 0 Å². The van der Waals surface area contributed by atoms with E-state index in [1.807, 2.05) is 164 Å². The zero-order chi connectivity index (χ0) is 57.1. The van der Waals surface area contributed by atoms with E-state index in [0.29, 0.717) is 34.9 Å². The van der Waals surface area contributed by atoms with Gasteiger partial charge in [-0.1, -0.05) is 216 Å². The fourth-order valence-corrected chi connectivity index (χ4v) is 12.2. The summed E-state index contributed by atoms with van der Waals surface area (Å²) in [4.78, 5) is 27.6. The number of aromatic nitrogens is 6. The number of para-hydroxylation sites is 2. The lowest BCUT2D eigenvalue weighted by Gasteiger charge is -2.22. The van der Waals surface area contributed by atoms with Gasteiger partial charge in [0.1, 0.15) is 28.1 Å². The van der Waals surface area contributed by atoms with E-state index in [2.05, 4.69) is 109 Å². The van der Waals surface area contributed by atoms with Gasteiger partial charge in [-0.3, -0.25) is 0 Å². The van der Waals surface area contributed by atoms with E-state index in [0.717, 1.165) is 68.6 Å². The molecule has 0 fully saturated rings. The molecule has 12 heteroatoms. The van der Waals surface area contributed by atoms with Crippen LogP contribution in [0.2, 0.25) is 5.28 Å². The smallest absolute Gasteiger partial charge is 0.537 e. The molecule has 0 bridgehead atoms. The normalized spacial score (nSPS) is 13.1. The lowest BCUT2D eigenvalue weighted by Crippen LogP contribution is -2.15. The van der Waals surface area contributed by atoms with Gasteiger partial charge in [0.05, 0.1) is 0 Å². The van der Waals surface area contributed by atoms with Gasteiger partial charge in [-0.2, -0.15) is 9.97 Å². The van der Waals surface area contributed by atoms with E-state index in [1.54, 1.807) is 0 Å². The molecule has 84 heavy (non-hydrogen) atoms. The monoisotopic (exact) mass is 1110 g/mol. The average molecular weight is 1110 g/mol. The first-order valence-corrected chi connectivity index (χ1v) is 28.1. The van der Waals surface area contributed by atoms with E-state index in [4.69, 9.17) is 45.1 Å². The molecule has 0 atom stereocenters. The van der Waals surface area contributed by atoms with Gasteiger partial charge in [0.15, 0.2) is 29.1 Å². The highest BCUT2D eigenvalue weighted by atomic mass is 35.5. The number of fused-ring (bicyclic) bond motifs is 14. The number of hydrogen-bond acceptors (Lipinski definition) is 10. The van der Waals surface area contributed by atoms with E-state index >= 15 is 0 Å². The molecule has 0 spiro atoms. The number of hydrogen-bond donors (Lipinski definition) is 1. The van der Waals surface area contributed by atoms with Gasteiger partial charge in [0.2, 0.25) is 5.28 Å². The maximum Gasteiger partial charge on any atom is 0.569 e. The molecule has 0 saturated carbocycles. The minimum Gasteiger partial charge on any atom is -0.537 e. The van der Waals surface area contributed by atoms with Crippen molar-refractivity contribution in [2.75, 3.05) is 0 Å². The third-order valence-corrected chi connectivity index (χ3v) is 16.3. The van der Waals surface area contributed by atoms with Crippen LogP contribution in [0.5, 0.6) is 5.75 Å². The molecule has 0 amide bonds. The molecule has 10 aromatic carbocycles. The maximum absolute atomic E-state index is 8.94. The standard InChI is InChI=1S/C36H25N3O.C21H16BO3.C15H10ClN3/c1-36(2)27-19-20-30-32(26-15-9-10-16-29(26)40-30)31(27)25-18-17-24(21-28(25)36)35-38-33(22-11-5-3-6-12-22)37-34(39-35)23-13-7-4-8-14-23;1-21(2)15-9-10-18-20(14-5-3-4-6-17(14)24-18)19(15)13-8-7-12(25-22-23)11-16(13)21;16-15-18-13(11-7-3-1-4-8-11)17-14(19-15)12-9-5-2-6-10-12/h3-21H,1-2H3;3-11,23H,1-2H3;1-10H. The fraction of sp³-hybridized carbons (Fsp3) is 0.0833. The largest absolute Gasteiger partial charge is 0.569 e. The second-order valence-corrected chi connectivity index (χ2v) is 22.2. The lowest BCUT2D eigenvalue weighted by molar-refractivity contribution is 0.453. The van der Waals surface area contributed by atoms with E-state index in [-0.39, 0.29) is 16.1 Å². The van der Waals surface area contributed by atoms with Crippen LogP contribution in [0.1, 0.15) is 49.9 Å². The molecule has 1 radical (unpaired) electrons. The Kier molecular flexibility index (Phi) is 13.0. The summed E-state index contributed by atoms with van der Waals surface area (Å²) in [7, 11) is 0.721. The number of nitrogens with zero attached hydrogens (tertiary/aromatic N) is 6. The van der Waals surface area contributed by atoms with E-state index in [9.17, 15) is 0 Å². The molecule has 403 valence electrons. The van der Waals surface area contributed by atoms with Gasteiger partial charge in [-0.05, 0) is 98.6 Å². The molecule has 10 nitrogen and oxygen atoms in total. The van der Waals surface area contributed by atoms with Gasteiger partial charge >= 0.3 is 7.69 Å². The molecule has 16 rings (SSSR count). The Morgan fingerprint density at radius 2 is 0.738 bits per heavy atom. The van der Waals surface area contributed by atoms with Gasteiger partial charge in [-0.15, -0.1) is 0 Å². The summed E-state index contributed by atoms with van der Waals surface area (Å²) in [6.45, 7) is 9.04. The number of benzene rings is 10. The zero-order valence-electron chi connectivity index (χ0n) is 46.2. The van der Waals surface area contributed by atoms with Gasteiger partial charge in [0.25, 0.3) is 0 Å². The molecule has 14 aromatic rings. The SMILES string of the molecule is CC1(C)c2cc(-c3nc(-c4ccccc4)nc(-c4ccccc4)n3)ccc2-c2c1ccc1oc3ccccc3c21.CC1(C)c2cc(O[B]O)ccc2-c2c1ccc1oc3ccccc3c21.Clc1nc(-c2ccccc2)nc(-c2ccccc2)n1. The van der Waals surface area contributed by atoms with E-state index < -0.39 is 0 Å². The van der Waals surface area contributed by atoms with Crippen LogP contribution in [0, 0.1) is 0 Å². The summed E-state index contributed by atoms with van der Waals surface area (Å²) in [6.07, 6.45) is 0. The van der Waals surface area contributed by atoms with Gasteiger partial charge < -0.3 is 18.5 Å². The average Bonchev–Trinajstić information content (AvgIpc) is 1.72. The first-order valence-electron chi connectivity index (χ1n) is 27.7. The van der Waals surface area contributed by atoms with Crippen molar-refractivity contribution in [3.05, 3.63) is 258 Å². The minimum atomic E-state index is -0.190. The Morgan fingerprint density at radius 3 is 1.17 bits per heavy atom. The second-order valence-electron chi connectivity index (χ2n) is 21.9. The Hall–Kier alpha value is -10.1. The third kappa shape index (κ3) is 9.15. The number of rotatable bonds is 7. The van der Waals surface area contributed by atoms with Crippen LogP contribution in [0.25, 0.3) is 123 Å². The van der Waals surface area contributed by atoms with Crippen LogP contribution in [-0.4, -0.2) is 42.6 Å². The molecule has 0 aliphatic heterocycles. The summed E-state index contributed by atoms with van der Waals surface area (Å²) in [6, 6.07) is 77.3. The van der Waals surface area contributed by atoms with Crippen LogP contribution in [0.3, 0.4) is 0 Å². The molecule has 4 aromatic heterocycles. The topological polar surface area (TPSA) is 133 Å². The predicted molar refractivity (Wildman–Crippen MR) is 337 cm³/mol. The summed E-state index contributed by atoms with van der Waals surface area (Å²) >= 11 is 5.99. The highest BCUT2D eigenvalue weighted by molar-refractivity contribution is 6.28. The van der Waals surface area contributed by atoms with Crippen molar-refractivity contribution in [2.45, 2.75) is 38.5 Å². The van der Waals surface area contributed by atoms with Crippen LogP contribution in [0.15, 0.2) is 239 Å². The summed E-state index contributed by atoms with van der Waals surface area (Å²) in [5.41, 5.74) is 18.1. The zero-order valence-corrected chi connectivity index (χ0v) is 47.0. The summed E-state index contributed by atoms with van der Waals surface area (Å²) < 4.78 is 17.5. The Morgan fingerprint density at radius 1 is 0.369 bits per heavy atom. The van der Waals surface area contributed by atoms with Crippen LogP contribution in [-0.2, 0) is 10.8 Å². The van der Waals surface area contributed by atoms with E-state index in [1.165, 1.54) is 55.3 Å². The molecule has 1 N–H and O–H groups in total. The summed E-state index contributed by atoms with van der Waals surface area (Å²) in [5.74, 6) is 3.80. The first kappa shape index (κ1) is 52.0. The van der Waals surface area contributed by atoms with Crippen LogP contribution < -0.4 is 4.65 Å². The molecule has 2 aliphatic carbocycles. The fourth-order valence-electron chi connectivity index (χ4n) is 12.1. The quantitative estimate of drug-likeness (QED) is 0.154. The van der Waals surface area contributed by atoms with Crippen molar-refractivity contribution < 1.29 is 18.5 Å². The van der Waals surface area contributed by atoms with Crippen molar-refractivity contribution >= 4 is 63.2 Å². The maximum atomic E-state index is 8.94. The molecule has 4 heterocycles. The predicted octanol–water partition coefficient (Wildman–Crippen LogP) is 17.7. The molecule has 2 aliphatic rings. The van der Waals surface area contributed by atoms with Crippen LogP contribution in [0.4, 0.5) is 0 Å². The molecular formula is C72H51BClN6O4. The molecular weight excluding hydrogens is 1060 g/mol. The second kappa shape index (κ2) is 21.0. The first-order chi connectivity index (χ1) is 41.0. The minimum absolute atomic E-state index is 0.147. The number of halogens is 1. The Bertz CT molecular complexity index is 4710. The third-order valence-electron chi connectivity index (χ3n) is 16.1. The highest BCUT2D eigenvalue weighted by Gasteiger charge is 2.39. The highest BCUT2D eigenvalue weighted by Crippen LogP contribution is 2.55. The van der Waals surface area contributed by atoms with Gasteiger partial charge in [0, 0.05) is 60.2 Å². The van der Waals surface area contributed by atoms with Crippen molar-refractivity contribution in [1.82, 2.24) is 29.9 Å².